The number of hydrogen-bond donors (Lipinski definition) is 0. The van der Waals surface area contributed by atoms with E-state index in [4.69, 9.17) is 49.9 Å². The van der Waals surface area contributed by atoms with Gasteiger partial charge in [0, 0.05) is 80.0 Å². The Bertz CT molecular complexity index is 10100. The molecule has 19 aromatic carbocycles. The van der Waals surface area contributed by atoms with Crippen molar-refractivity contribution in [3.8, 4) is 62.6 Å². The SMILES string of the molecule is [2H]c1c([2H])c([2H])c2c([2H])c(-c3nc(-n4c5cc6ccccc6cc5c5c6ccccc6ccc54)nc4c3sc3ccccc34)c([2H])c([2H])c2c1[2H].[C-]#[N+]c1ccc(-c2nc3sc4ccccc4c3nc2-n2c3cc4ccccc4cc3c3c4ccccc4ccc32)cc1.[C-]#[N+]c1cccc(-c2nc3c(nc2-n2c4cc5ccccc5cc4c4ccc5ccccc5c42)C(C)(C)c2ccccc2-3)c1. The highest BCUT2D eigenvalue weighted by molar-refractivity contribution is 7.26. The first-order valence-corrected chi connectivity index (χ1v) is 44.6. The van der Waals surface area contributed by atoms with Crippen molar-refractivity contribution >= 4 is 216 Å². The predicted octanol–water partition coefficient (Wildman–Crippen LogP) is 31.9. The Labute approximate surface area is 761 Å². The summed E-state index contributed by atoms with van der Waals surface area (Å²) in [6, 6.07) is 115. The van der Waals surface area contributed by atoms with Crippen LogP contribution in [0.25, 0.3) is 254 Å². The summed E-state index contributed by atoms with van der Waals surface area (Å²) in [4.78, 5) is 40.5. The summed E-state index contributed by atoms with van der Waals surface area (Å²) in [5, 5.41) is 22.4. The third-order valence-electron chi connectivity index (χ3n) is 25.9. The Morgan fingerprint density at radius 3 is 1.48 bits per heavy atom. The summed E-state index contributed by atoms with van der Waals surface area (Å²) in [5.41, 5.74) is 16.4. The van der Waals surface area contributed by atoms with Crippen molar-refractivity contribution in [3.05, 3.63) is 416 Å². The molecule has 13 heteroatoms. The summed E-state index contributed by atoms with van der Waals surface area (Å²) in [6.45, 7) is 19.7. The van der Waals surface area contributed by atoms with Crippen LogP contribution in [0, 0.1) is 13.1 Å². The number of thiophene rings is 2. The van der Waals surface area contributed by atoms with Crippen molar-refractivity contribution < 1.29 is 9.60 Å². The molecule has 0 amide bonds. The minimum atomic E-state index is -0.504. The molecule has 8 heterocycles. The average Bonchev–Trinajstić information content (AvgIpc) is 1.57. The maximum absolute atomic E-state index is 9.40. The van der Waals surface area contributed by atoms with Gasteiger partial charge in [-0.3, -0.25) is 13.7 Å². The van der Waals surface area contributed by atoms with Gasteiger partial charge < -0.3 is 0 Å². The first kappa shape index (κ1) is 67.5. The van der Waals surface area contributed by atoms with Crippen LogP contribution < -0.4 is 0 Å². The van der Waals surface area contributed by atoms with Crippen molar-refractivity contribution in [2.24, 2.45) is 0 Å². The number of fused-ring (bicyclic) bond motifs is 28. The molecule has 0 radical (unpaired) electrons. The van der Waals surface area contributed by atoms with Crippen LogP contribution in [-0.2, 0) is 5.41 Å². The maximum atomic E-state index is 9.40. The molecule has 1 aliphatic rings. The zero-order valence-corrected chi connectivity index (χ0v) is 71.2. The van der Waals surface area contributed by atoms with Crippen LogP contribution in [0.2, 0.25) is 0 Å². The molecule has 28 rings (SSSR count). The molecule has 0 bridgehead atoms. The van der Waals surface area contributed by atoms with Gasteiger partial charge in [-0.2, -0.15) is 0 Å². The summed E-state index contributed by atoms with van der Waals surface area (Å²) in [6.07, 6.45) is 0. The Morgan fingerprint density at radius 1 is 0.315 bits per heavy atom. The van der Waals surface area contributed by atoms with Crippen LogP contribution in [0.3, 0.4) is 0 Å². The fourth-order valence-electron chi connectivity index (χ4n) is 19.9. The van der Waals surface area contributed by atoms with Crippen LogP contribution in [0.5, 0.6) is 0 Å². The van der Waals surface area contributed by atoms with Gasteiger partial charge in [-0.05, 0) is 154 Å². The molecule has 0 saturated heterocycles. The molecule has 0 unspecified atom stereocenters. The molecular formula is C117H69N11S2. The highest BCUT2D eigenvalue weighted by atomic mass is 32.1. The second kappa shape index (κ2) is 29.1. The highest BCUT2D eigenvalue weighted by Crippen LogP contribution is 2.52. The van der Waals surface area contributed by atoms with E-state index in [0.717, 1.165) is 152 Å². The van der Waals surface area contributed by atoms with E-state index in [9.17, 15) is 2.74 Å². The lowest BCUT2D eigenvalue weighted by Gasteiger charge is -2.22. The third-order valence-corrected chi connectivity index (χ3v) is 28.1. The van der Waals surface area contributed by atoms with Gasteiger partial charge in [0.1, 0.15) is 21.7 Å². The van der Waals surface area contributed by atoms with Crippen molar-refractivity contribution in [2.45, 2.75) is 19.3 Å². The van der Waals surface area contributed by atoms with Crippen LogP contribution in [-0.4, -0.2) is 43.6 Å². The zero-order chi connectivity index (χ0) is 92.2. The summed E-state index contributed by atoms with van der Waals surface area (Å²) in [7, 11) is 0. The van der Waals surface area contributed by atoms with Gasteiger partial charge in [0.15, 0.2) is 23.0 Å². The lowest BCUT2D eigenvalue weighted by Crippen LogP contribution is -2.18. The highest BCUT2D eigenvalue weighted by Gasteiger charge is 2.40. The summed E-state index contributed by atoms with van der Waals surface area (Å²) >= 11 is 3.09. The van der Waals surface area contributed by atoms with Crippen LogP contribution in [0.4, 0.5) is 11.4 Å². The number of hydrogen-bond acceptors (Lipinski definition) is 8. The van der Waals surface area contributed by atoms with E-state index < -0.39 is 24.2 Å². The van der Waals surface area contributed by atoms with E-state index in [-0.39, 0.29) is 45.6 Å². The molecule has 11 nitrogen and oxygen atoms in total. The third kappa shape index (κ3) is 11.6. The van der Waals surface area contributed by atoms with Gasteiger partial charge >= 0.3 is 0 Å². The Balaban J connectivity index is 0.000000107. The van der Waals surface area contributed by atoms with Gasteiger partial charge in [0.2, 0.25) is 5.95 Å². The van der Waals surface area contributed by atoms with E-state index in [1.165, 1.54) is 76.1 Å². The number of nitrogens with zero attached hydrogens (tertiary/aromatic N) is 11. The molecule has 0 N–H and O–H groups in total. The fourth-order valence-corrected chi connectivity index (χ4v) is 22.0. The standard InChI is InChI=1S/C40H26N4.C40H23N3S.C37H20N4S/c1-40(2)33-18-9-8-17-31(33)36-38(40)43-39(35(42-36)27-14-10-15-28(21-27)41-3)44-34-23-26-13-5-4-12-25(26)22-32(34)30-20-19-24-11-6-7-16-29(24)37(30)44;1-2-11-26-21-29(18-17-24(26)9-1)37-39-38(31-15-7-8-16-35(31)44-39)42-40(41-37)43-33-20-19-25-10-5-6-14-30(25)36(33)32-22-27-12-3-4-13-28(27)23-34(32)43;1-38-26-17-14-23(15-18-26)34-36(39-35-28-12-6-7-13-32(28)42-37(35)40-34)41-30-19-16-22-8-4-5-11-27(22)33(30)29-20-24-9-2-3-10-25(24)21-31(29)41/h4-23H,1-2H3;1-23H;2-21H/i;1D,2D,9D,11D,17D,18D,21D;. The smallest absolute Gasteiger partial charge is 0.235 e. The molecule has 130 heavy (non-hydrogen) atoms. The number of aromatic nitrogens is 9. The van der Waals surface area contributed by atoms with E-state index in [0.29, 0.717) is 27.5 Å². The van der Waals surface area contributed by atoms with Crippen LogP contribution >= 0.6 is 22.7 Å². The largest absolute Gasteiger partial charge is 0.292 e. The lowest BCUT2D eigenvalue weighted by atomic mass is 9.85. The van der Waals surface area contributed by atoms with Gasteiger partial charge in [0.25, 0.3) is 0 Å². The van der Waals surface area contributed by atoms with E-state index in [1.54, 1.807) is 11.3 Å². The minimum absolute atomic E-state index is 0.0226. The van der Waals surface area contributed by atoms with Gasteiger partial charge in [0.05, 0.1) is 83.1 Å². The maximum Gasteiger partial charge on any atom is 0.235 e. The Hall–Kier alpha value is -16.9. The fraction of sp³-hybridized carbons (Fsp3) is 0.0256. The normalized spacial score (nSPS) is 13.2. The molecule has 1 aliphatic carbocycles. The van der Waals surface area contributed by atoms with Gasteiger partial charge in [-0.1, -0.05) is 323 Å². The molecule has 604 valence electrons. The Kier molecular flexibility index (Phi) is 15.1. The number of rotatable bonds is 6. The van der Waals surface area contributed by atoms with Gasteiger partial charge in [-0.25, -0.2) is 39.6 Å². The monoisotopic (exact) mass is 1700 g/mol. The average molecular weight is 1700 g/mol. The van der Waals surface area contributed by atoms with Crippen LogP contribution in [0.15, 0.2) is 382 Å². The topological polar surface area (TPSA) is 101 Å². The first-order chi connectivity index (χ1) is 67.0. The molecule has 27 aromatic rings. The van der Waals surface area contributed by atoms with Gasteiger partial charge in [-0.15, -0.1) is 22.7 Å². The van der Waals surface area contributed by atoms with Crippen molar-refractivity contribution in [1.29, 1.82) is 0 Å². The van der Waals surface area contributed by atoms with Crippen molar-refractivity contribution in [1.82, 2.24) is 43.6 Å². The second-order valence-corrected chi connectivity index (χ2v) is 35.7. The van der Waals surface area contributed by atoms with E-state index >= 15 is 0 Å². The molecule has 0 aliphatic heterocycles. The zero-order valence-electron chi connectivity index (χ0n) is 76.6. The van der Waals surface area contributed by atoms with Crippen molar-refractivity contribution in [2.75, 3.05) is 0 Å². The number of benzene rings is 19. The lowest BCUT2D eigenvalue weighted by molar-refractivity contribution is 0.633. The predicted molar refractivity (Wildman–Crippen MR) is 544 cm³/mol. The van der Waals surface area contributed by atoms with E-state index in [2.05, 4.69) is 275 Å². The Morgan fingerprint density at radius 2 is 0.831 bits per heavy atom. The summed E-state index contributed by atoms with van der Waals surface area (Å²) in [5.74, 6) is 1.89. The first-order valence-electron chi connectivity index (χ1n) is 46.4. The van der Waals surface area contributed by atoms with Crippen molar-refractivity contribution in [3.63, 3.8) is 0 Å². The molecule has 8 aromatic heterocycles. The molecular weight excluding hydrogens is 1620 g/mol. The molecule has 0 saturated carbocycles. The van der Waals surface area contributed by atoms with E-state index in [1.807, 2.05) is 102 Å². The summed E-state index contributed by atoms with van der Waals surface area (Å²) < 4.78 is 70.8. The molecule has 0 spiro atoms. The van der Waals surface area contributed by atoms with Crippen LogP contribution in [0.1, 0.15) is 34.7 Å². The molecule has 0 atom stereocenters. The molecule has 0 fully saturated rings. The minimum Gasteiger partial charge on any atom is -0.292 e. The second-order valence-electron chi connectivity index (χ2n) is 33.6. The quantitative estimate of drug-likeness (QED) is 0.154.